The Balaban J connectivity index is 0.000000186. The molecule has 0 saturated heterocycles. The van der Waals surface area contributed by atoms with Gasteiger partial charge in [-0.25, -0.2) is 4.98 Å². The number of benzene rings is 3. The lowest BCUT2D eigenvalue weighted by atomic mass is 9.34. The molecule has 4 aromatic rings. The number of rotatable bonds is 7. The van der Waals surface area contributed by atoms with Crippen molar-refractivity contribution in [3.8, 4) is 0 Å². The van der Waals surface area contributed by atoms with Gasteiger partial charge < -0.3 is 4.98 Å². The number of nitrogens with one attached hydrogen (secondary N) is 1. The highest BCUT2D eigenvalue weighted by atomic mass is 14.9. The van der Waals surface area contributed by atoms with Crippen molar-refractivity contribution in [1.82, 2.24) is 9.97 Å². The highest BCUT2D eigenvalue weighted by Gasteiger charge is 2.22. The van der Waals surface area contributed by atoms with Crippen LogP contribution in [0.2, 0.25) is 5.82 Å². The molecule has 0 saturated carbocycles. The van der Waals surface area contributed by atoms with E-state index in [-0.39, 0.29) is 0 Å². The maximum atomic E-state index is 4.21. The van der Waals surface area contributed by atoms with Crippen LogP contribution in [-0.4, -0.2) is 16.7 Å². The lowest BCUT2D eigenvalue weighted by Crippen LogP contribution is -2.44. The monoisotopic (exact) mass is 422 g/mol. The standard InChI is InChI=1S/C17H21B.C12H14N2/c1-4-15-9-8-12-17(13-15)18(14(2)3)16-10-6-5-7-11-16;1-2-10-4-3-5-11(8-10)9-12-13-6-7-14-12/h5-14H,4H2,1-3H3;3-8H,2,9H2,1H3,(H,13,14). The van der Waals surface area contributed by atoms with Crippen molar-refractivity contribution in [3.05, 3.63) is 114 Å². The molecule has 2 nitrogen and oxygen atoms in total. The molecule has 0 fully saturated rings. The van der Waals surface area contributed by atoms with E-state index < -0.39 is 0 Å². The number of aromatic nitrogens is 2. The van der Waals surface area contributed by atoms with Crippen LogP contribution in [0.5, 0.6) is 0 Å². The summed E-state index contributed by atoms with van der Waals surface area (Å²) in [4.78, 5) is 7.32. The maximum absolute atomic E-state index is 4.21. The number of hydrogen-bond acceptors (Lipinski definition) is 1. The van der Waals surface area contributed by atoms with Gasteiger partial charge in [0.15, 0.2) is 0 Å². The van der Waals surface area contributed by atoms with Crippen molar-refractivity contribution < 1.29 is 0 Å². The minimum atomic E-state index is 0.498. The van der Waals surface area contributed by atoms with Gasteiger partial charge in [-0.05, 0) is 29.5 Å². The molecule has 0 spiro atoms. The van der Waals surface area contributed by atoms with Crippen LogP contribution in [-0.2, 0) is 19.3 Å². The van der Waals surface area contributed by atoms with Gasteiger partial charge in [0.1, 0.15) is 5.82 Å². The highest BCUT2D eigenvalue weighted by molar-refractivity contribution is 6.86. The molecular formula is C29H35BN2. The molecule has 164 valence electrons. The van der Waals surface area contributed by atoms with Gasteiger partial charge in [0.25, 0.3) is 0 Å². The second kappa shape index (κ2) is 12.1. The van der Waals surface area contributed by atoms with Crippen molar-refractivity contribution in [3.63, 3.8) is 0 Å². The van der Waals surface area contributed by atoms with E-state index in [0.29, 0.717) is 12.5 Å². The average Bonchev–Trinajstić information content (AvgIpc) is 3.33. The largest absolute Gasteiger partial charge is 0.348 e. The Morgan fingerprint density at radius 2 is 1.38 bits per heavy atom. The lowest BCUT2D eigenvalue weighted by molar-refractivity contribution is 1.02. The van der Waals surface area contributed by atoms with Crippen LogP contribution < -0.4 is 10.9 Å². The van der Waals surface area contributed by atoms with Gasteiger partial charge in [0, 0.05) is 18.8 Å². The molecule has 0 atom stereocenters. The van der Waals surface area contributed by atoms with Gasteiger partial charge in [0.2, 0.25) is 6.71 Å². The molecular weight excluding hydrogens is 387 g/mol. The van der Waals surface area contributed by atoms with Crippen molar-refractivity contribution in [1.29, 1.82) is 0 Å². The van der Waals surface area contributed by atoms with Crippen LogP contribution in [0.3, 0.4) is 0 Å². The molecule has 32 heavy (non-hydrogen) atoms. The molecule has 3 heteroatoms. The predicted octanol–water partition coefficient (Wildman–Crippen LogP) is 5.83. The predicted molar refractivity (Wildman–Crippen MR) is 140 cm³/mol. The number of nitrogens with zero attached hydrogens (tertiary/aromatic N) is 1. The Bertz CT molecular complexity index is 1060. The summed E-state index contributed by atoms with van der Waals surface area (Å²) >= 11 is 0. The van der Waals surface area contributed by atoms with Crippen LogP contribution in [0, 0.1) is 0 Å². The van der Waals surface area contributed by atoms with Gasteiger partial charge in [0.05, 0.1) is 0 Å². The molecule has 0 amide bonds. The molecule has 0 aliphatic rings. The van der Waals surface area contributed by atoms with E-state index in [0.717, 1.165) is 25.1 Å². The maximum Gasteiger partial charge on any atom is 0.211 e. The Labute approximate surface area is 194 Å². The first-order chi connectivity index (χ1) is 15.6. The summed E-state index contributed by atoms with van der Waals surface area (Å²) in [6, 6.07) is 28.5. The average molecular weight is 422 g/mol. The second-order valence-electron chi connectivity index (χ2n) is 8.62. The molecule has 0 aliphatic carbocycles. The lowest BCUT2D eigenvalue weighted by Gasteiger charge is -2.19. The van der Waals surface area contributed by atoms with Crippen LogP contribution >= 0.6 is 0 Å². The Morgan fingerprint density at radius 3 is 2.00 bits per heavy atom. The normalized spacial score (nSPS) is 10.5. The zero-order valence-electron chi connectivity index (χ0n) is 19.9. The van der Waals surface area contributed by atoms with Crippen LogP contribution in [0.15, 0.2) is 91.3 Å². The molecule has 0 radical (unpaired) electrons. The fourth-order valence-electron chi connectivity index (χ4n) is 4.18. The SMILES string of the molecule is CCc1cccc(B(c2ccccc2)C(C)C)c1.CCc1cccc(Cc2ncc[nH]2)c1. The van der Waals surface area contributed by atoms with E-state index in [1.807, 2.05) is 6.20 Å². The third kappa shape index (κ3) is 6.72. The van der Waals surface area contributed by atoms with Gasteiger partial charge >= 0.3 is 0 Å². The van der Waals surface area contributed by atoms with Crippen LogP contribution in [0.25, 0.3) is 0 Å². The van der Waals surface area contributed by atoms with Crippen LogP contribution in [0.4, 0.5) is 0 Å². The zero-order valence-corrected chi connectivity index (χ0v) is 19.9. The minimum Gasteiger partial charge on any atom is -0.348 e. The van der Waals surface area contributed by atoms with Crippen molar-refractivity contribution in [2.75, 3.05) is 0 Å². The summed E-state index contributed by atoms with van der Waals surface area (Å²) in [7, 11) is 0. The quantitative estimate of drug-likeness (QED) is 0.373. The molecule has 1 aromatic heterocycles. The summed E-state index contributed by atoms with van der Waals surface area (Å²) < 4.78 is 0. The number of imidazole rings is 1. The Kier molecular flexibility index (Phi) is 8.92. The van der Waals surface area contributed by atoms with E-state index in [2.05, 4.69) is 117 Å². The summed E-state index contributed by atoms with van der Waals surface area (Å²) in [5.74, 6) is 1.64. The molecule has 4 rings (SSSR count). The number of aryl methyl sites for hydroxylation is 2. The molecule has 1 heterocycles. The Hall–Kier alpha value is -3.07. The topological polar surface area (TPSA) is 28.7 Å². The summed E-state index contributed by atoms with van der Waals surface area (Å²) in [5, 5.41) is 0. The first-order valence-corrected chi connectivity index (χ1v) is 11.8. The van der Waals surface area contributed by atoms with E-state index in [1.54, 1.807) is 6.20 Å². The fourth-order valence-corrected chi connectivity index (χ4v) is 4.18. The van der Waals surface area contributed by atoms with Crippen LogP contribution in [0.1, 0.15) is 50.2 Å². The van der Waals surface area contributed by atoms with Crippen molar-refractivity contribution >= 4 is 17.6 Å². The number of aromatic amines is 1. The van der Waals surface area contributed by atoms with E-state index in [4.69, 9.17) is 0 Å². The van der Waals surface area contributed by atoms with E-state index in [9.17, 15) is 0 Å². The third-order valence-electron chi connectivity index (χ3n) is 5.87. The van der Waals surface area contributed by atoms with Gasteiger partial charge in [-0.3, -0.25) is 0 Å². The smallest absolute Gasteiger partial charge is 0.211 e. The fraction of sp³-hybridized carbons (Fsp3) is 0.276. The van der Waals surface area contributed by atoms with Gasteiger partial charge in [-0.2, -0.15) is 0 Å². The van der Waals surface area contributed by atoms with Gasteiger partial charge in [-0.1, -0.05) is 123 Å². The number of hydrogen-bond donors (Lipinski definition) is 1. The zero-order chi connectivity index (χ0) is 22.8. The summed E-state index contributed by atoms with van der Waals surface area (Å²) in [6.45, 7) is 9.49. The Morgan fingerprint density at radius 1 is 0.750 bits per heavy atom. The third-order valence-corrected chi connectivity index (χ3v) is 5.87. The highest BCUT2D eigenvalue weighted by Crippen LogP contribution is 2.10. The number of H-pyrrole nitrogens is 1. The van der Waals surface area contributed by atoms with E-state index in [1.165, 1.54) is 27.6 Å². The molecule has 0 bridgehead atoms. The van der Waals surface area contributed by atoms with Crippen molar-refractivity contribution in [2.24, 2.45) is 0 Å². The van der Waals surface area contributed by atoms with Crippen molar-refractivity contribution in [2.45, 2.75) is 52.8 Å². The molecule has 0 aliphatic heterocycles. The van der Waals surface area contributed by atoms with Gasteiger partial charge in [-0.15, -0.1) is 0 Å². The first-order valence-electron chi connectivity index (χ1n) is 11.8. The summed E-state index contributed by atoms with van der Waals surface area (Å²) in [6.07, 6.45) is 6.73. The summed E-state index contributed by atoms with van der Waals surface area (Å²) in [5.41, 5.74) is 6.98. The molecule has 1 N–H and O–H groups in total. The molecule has 0 unspecified atom stereocenters. The molecule has 3 aromatic carbocycles. The first kappa shape index (κ1) is 23.6. The van der Waals surface area contributed by atoms with E-state index >= 15 is 0 Å². The minimum absolute atomic E-state index is 0.498. The second-order valence-corrected chi connectivity index (χ2v) is 8.62.